The van der Waals surface area contributed by atoms with E-state index in [1.807, 2.05) is 54.6 Å². The average Bonchev–Trinajstić information content (AvgIpc) is 3.78. The quantitative estimate of drug-likeness (QED) is 0.0524. The number of alkyl halides is 3. The van der Waals surface area contributed by atoms with E-state index in [4.69, 9.17) is 37.9 Å². The molecule has 0 radical (unpaired) electrons. The minimum atomic E-state index is -5.91. The standard InChI is InChI=1S/C26H25NO5.C23H15F3O8S/c1-4-27(5-2)17-10-12-21-23(14-17)31-24-15-18(30-16-29-3)11-13-22(24)26(21)20-9-7-6-8-19(20)25(28)32-26;1-30-12-31-13-6-8-17-19(10-13)32-20-11-14(34-35(28,29)23(24,25)26)7-9-18(20)22(17)16-5-3-2-4-15(16)21(27)33-22/h6-15H,4-5,16H2,1-3H3;2-11H,12H2,1H3. The zero-order valence-corrected chi connectivity index (χ0v) is 37.0. The molecular formula is C49H40F3NO13S. The van der Waals surface area contributed by atoms with Gasteiger partial charge in [-0.3, -0.25) is 0 Å². The second-order valence-electron chi connectivity index (χ2n) is 15.3. The van der Waals surface area contributed by atoms with Crippen LogP contribution in [0.25, 0.3) is 0 Å². The second kappa shape index (κ2) is 17.2. The Bertz CT molecular complexity index is 3050. The third-order valence-corrected chi connectivity index (χ3v) is 12.6. The molecule has 0 saturated carbocycles. The topological polar surface area (TPSA) is 155 Å². The fourth-order valence-corrected chi connectivity index (χ4v) is 9.18. The Morgan fingerprint density at radius 1 is 0.552 bits per heavy atom. The third-order valence-electron chi connectivity index (χ3n) is 11.6. The highest BCUT2D eigenvalue weighted by Crippen LogP contribution is 2.59. The fourth-order valence-electron chi connectivity index (χ4n) is 8.73. The van der Waals surface area contributed by atoms with Crippen LogP contribution in [0.5, 0.6) is 40.2 Å². The van der Waals surface area contributed by atoms with Crippen LogP contribution in [0.3, 0.4) is 0 Å². The van der Waals surface area contributed by atoms with Crippen molar-refractivity contribution in [1.29, 1.82) is 0 Å². The van der Waals surface area contributed by atoms with E-state index in [0.29, 0.717) is 45.3 Å². The summed E-state index contributed by atoms with van der Waals surface area (Å²) in [6.45, 7) is 6.06. The Labute approximate surface area is 382 Å². The lowest BCUT2D eigenvalue weighted by Crippen LogP contribution is -2.33. The Morgan fingerprint density at radius 3 is 1.39 bits per heavy atom. The maximum absolute atomic E-state index is 12.9. The van der Waals surface area contributed by atoms with Crippen LogP contribution in [0.4, 0.5) is 18.9 Å². The molecule has 0 fully saturated rings. The van der Waals surface area contributed by atoms with Crippen LogP contribution in [0.1, 0.15) is 67.9 Å². The van der Waals surface area contributed by atoms with Crippen molar-refractivity contribution >= 4 is 27.7 Å². The first-order chi connectivity index (χ1) is 32.2. The van der Waals surface area contributed by atoms with Gasteiger partial charge in [-0.1, -0.05) is 36.4 Å². The van der Waals surface area contributed by atoms with Gasteiger partial charge >= 0.3 is 27.6 Å². The summed E-state index contributed by atoms with van der Waals surface area (Å²) in [5, 5.41) is 0. The SMILES string of the molecule is CCN(CC)c1ccc2c(c1)Oc1cc(OCOC)ccc1C21OC(=O)c2ccccc21.COCOc1ccc2c(c1)Oc1cc(OS(=O)(=O)C(F)(F)F)ccc1C21OC(=O)c2ccccc21. The molecule has 4 heterocycles. The number of rotatable bonds is 11. The highest BCUT2D eigenvalue weighted by Gasteiger charge is 2.55. The number of methoxy groups -OCH3 is 2. The molecule has 2 atom stereocenters. The number of hydrogen-bond acceptors (Lipinski definition) is 14. The molecule has 346 valence electrons. The van der Waals surface area contributed by atoms with Gasteiger partial charge in [0.05, 0.1) is 11.1 Å². The molecule has 2 unspecified atom stereocenters. The van der Waals surface area contributed by atoms with Gasteiger partial charge < -0.3 is 47.0 Å². The van der Waals surface area contributed by atoms with E-state index in [0.717, 1.165) is 47.6 Å². The van der Waals surface area contributed by atoms with Crippen molar-refractivity contribution in [2.75, 3.05) is 45.8 Å². The summed E-state index contributed by atoms with van der Waals surface area (Å²) in [6.07, 6.45) is 0. The number of carbonyl (C=O) groups excluding carboxylic acids is 2. The van der Waals surface area contributed by atoms with Crippen molar-refractivity contribution in [2.24, 2.45) is 0 Å². The van der Waals surface area contributed by atoms with Crippen molar-refractivity contribution in [3.8, 4) is 40.2 Å². The molecule has 0 amide bonds. The molecule has 6 aromatic carbocycles. The second-order valence-corrected chi connectivity index (χ2v) is 16.9. The molecule has 18 heteroatoms. The molecule has 14 nitrogen and oxygen atoms in total. The van der Waals surface area contributed by atoms with Crippen molar-refractivity contribution in [1.82, 2.24) is 0 Å². The van der Waals surface area contributed by atoms with Gasteiger partial charge in [0.15, 0.2) is 24.8 Å². The predicted octanol–water partition coefficient (Wildman–Crippen LogP) is 9.55. The number of halogens is 3. The predicted molar refractivity (Wildman–Crippen MR) is 234 cm³/mol. The lowest BCUT2D eigenvalue weighted by molar-refractivity contribution is -0.0500. The molecule has 0 saturated heterocycles. The maximum Gasteiger partial charge on any atom is 0.534 e. The molecule has 4 aliphatic rings. The van der Waals surface area contributed by atoms with Gasteiger partial charge in [-0.05, 0) is 74.5 Å². The average molecular weight is 940 g/mol. The number of carbonyl (C=O) groups is 2. The molecule has 0 N–H and O–H groups in total. The smallest absolute Gasteiger partial charge is 0.467 e. The van der Waals surface area contributed by atoms with Crippen LogP contribution >= 0.6 is 0 Å². The van der Waals surface area contributed by atoms with E-state index >= 15 is 0 Å². The van der Waals surface area contributed by atoms with Crippen molar-refractivity contribution < 1.29 is 73.3 Å². The largest absolute Gasteiger partial charge is 0.534 e. The molecule has 0 bridgehead atoms. The fraction of sp³-hybridized carbons (Fsp3) is 0.224. The molecule has 2 spiro atoms. The van der Waals surface area contributed by atoms with Gasteiger partial charge in [-0.2, -0.15) is 21.6 Å². The van der Waals surface area contributed by atoms with Gasteiger partial charge in [0, 0.05) is 90.6 Å². The summed E-state index contributed by atoms with van der Waals surface area (Å²) in [5.74, 6) is 0.723. The lowest BCUT2D eigenvalue weighted by atomic mass is 9.77. The van der Waals surface area contributed by atoms with Crippen LogP contribution < -0.4 is 28.0 Å². The Morgan fingerprint density at radius 2 is 0.955 bits per heavy atom. The van der Waals surface area contributed by atoms with Gasteiger partial charge in [0.2, 0.25) is 0 Å². The summed E-state index contributed by atoms with van der Waals surface area (Å²) >= 11 is 0. The summed E-state index contributed by atoms with van der Waals surface area (Å²) in [7, 11) is -2.91. The number of fused-ring (bicyclic) bond motifs is 12. The first kappa shape index (κ1) is 44.9. The highest BCUT2D eigenvalue weighted by atomic mass is 32.2. The first-order valence-corrected chi connectivity index (χ1v) is 22.2. The summed E-state index contributed by atoms with van der Waals surface area (Å²) in [5.41, 5.74) is -2.69. The van der Waals surface area contributed by atoms with Crippen molar-refractivity contribution in [3.05, 3.63) is 166 Å². The van der Waals surface area contributed by atoms with E-state index in [-0.39, 0.29) is 36.6 Å². The Hall–Kier alpha value is -7.28. The zero-order chi connectivity index (χ0) is 47.3. The monoisotopic (exact) mass is 939 g/mol. The van der Waals surface area contributed by atoms with Crippen LogP contribution in [0, 0.1) is 0 Å². The number of anilines is 1. The number of benzene rings is 6. The molecule has 0 aromatic heterocycles. The van der Waals surface area contributed by atoms with Crippen molar-refractivity contribution in [3.63, 3.8) is 0 Å². The van der Waals surface area contributed by atoms with E-state index in [1.54, 1.807) is 43.5 Å². The first-order valence-electron chi connectivity index (χ1n) is 20.8. The highest BCUT2D eigenvalue weighted by molar-refractivity contribution is 7.88. The Balaban J connectivity index is 0.000000169. The molecule has 0 aliphatic carbocycles. The molecule has 67 heavy (non-hydrogen) atoms. The van der Waals surface area contributed by atoms with Gasteiger partial charge in [0.1, 0.15) is 40.2 Å². The summed E-state index contributed by atoms with van der Waals surface area (Å²) in [4.78, 5) is 28.0. The van der Waals surface area contributed by atoms with Gasteiger partial charge in [0.25, 0.3) is 0 Å². The Kier molecular flexibility index (Phi) is 11.5. The minimum absolute atomic E-state index is 0.0639. The van der Waals surface area contributed by atoms with Crippen molar-refractivity contribution in [2.45, 2.75) is 30.6 Å². The zero-order valence-electron chi connectivity index (χ0n) is 36.2. The normalized spacial score (nSPS) is 18.0. The lowest BCUT2D eigenvalue weighted by Gasteiger charge is -2.37. The molecule has 10 rings (SSSR count). The van der Waals surface area contributed by atoms with Crippen LogP contribution in [0.2, 0.25) is 0 Å². The number of hydrogen-bond donors (Lipinski definition) is 0. The van der Waals surface area contributed by atoms with Crippen LogP contribution in [0.15, 0.2) is 121 Å². The molecule has 4 aliphatic heterocycles. The van der Waals surface area contributed by atoms with E-state index in [1.165, 1.54) is 19.2 Å². The van der Waals surface area contributed by atoms with Gasteiger partial charge in [-0.25, -0.2) is 9.59 Å². The number of esters is 2. The summed E-state index contributed by atoms with van der Waals surface area (Å²) < 4.78 is 111. The van der Waals surface area contributed by atoms with E-state index < -0.39 is 38.5 Å². The van der Waals surface area contributed by atoms with Gasteiger partial charge in [-0.15, -0.1) is 0 Å². The molecule has 6 aromatic rings. The van der Waals surface area contributed by atoms with E-state index in [2.05, 4.69) is 29.0 Å². The molecular weight excluding hydrogens is 900 g/mol. The minimum Gasteiger partial charge on any atom is -0.467 e. The number of nitrogens with zero attached hydrogens (tertiary/aromatic N) is 1. The van der Waals surface area contributed by atoms with Crippen LogP contribution in [-0.4, -0.2) is 66.8 Å². The number of ether oxygens (including phenoxy) is 8. The van der Waals surface area contributed by atoms with E-state index in [9.17, 15) is 31.2 Å². The summed E-state index contributed by atoms with van der Waals surface area (Å²) in [6, 6.07) is 33.9. The van der Waals surface area contributed by atoms with Crippen LogP contribution in [-0.2, 0) is 40.3 Å². The maximum atomic E-state index is 12.9. The third kappa shape index (κ3) is 7.50.